The van der Waals surface area contributed by atoms with Gasteiger partial charge in [-0.3, -0.25) is 9.78 Å². The van der Waals surface area contributed by atoms with E-state index >= 15 is 0 Å². The Hall–Kier alpha value is -2.75. The van der Waals surface area contributed by atoms with Crippen molar-refractivity contribution in [3.63, 3.8) is 0 Å². The molecule has 1 atom stereocenters. The number of carbonyl (C=O) groups excluding carboxylic acids is 1. The van der Waals surface area contributed by atoms with Gasteiger partial charge in [-0.05, 0) is 82.9 Å². The zero-order chi connectivity index (χ0) is 21.1. The van der Waals surface area contributed by atoms with Crippen LogP contribution in [0.25, 0.3) is 0 Å². The first-order valence-corrected chi connectivity index (χ1v) is 9.86. The zero-order valence-corrected chi connectivity index (χ0v) is 18.0. The molecule has 0 spiro atoms. The van der Waals surface area contributed by atoms with E-state index in [9.17, 15) is 9.18 Å². The summed E-state index contributed by atoms with van der Waals surface area (Å²) in [7, 11) is 0. The maximum atomic E-state index is 14.1. The highest BCUT2D eigenvalue weighted by Gasteiger charge is 2.22. The highest BCUT2D eigenvalue weighted by atomic mass is 79.9. The number of pyridine rings is 1. The van der Waals surface area contributed by atoms with Crippen LogP contribution in [0.2, 0.25) is 5.02 Å². The molecule has 1 heterocycles. The summed E-state index contributed by atoms with van der Waals surface area (Å²) in [4.78, 5) is 17.4. The van der Waals surface area contributed by atoms with Crippen molar-refractivity contribution >= 4 is 33.4 Å². The molecule has 1 aromatic heterocycles. The molecule has 0 radical (unpaired) electrons. The van der Waals surface area contributed by atoms with Gasteiger partial charge in [0.15, 0.2) is 0 Å². The van der Waals surface area contributed by atoms with Crippen LogP contribution in [-0.2, 0) is 0 Å². The summed E-state index contributed by atoms with van der Waals surface area (Å²) in [6.45, 7) is 3.63. The Morgan fingerprint density at radius 1 is 1.21 bits per heavy atom. The van der Waals surface area contributed by atoms with Gasteiger partial charge in [-0.15, -0.1) is 0 Å². The molecular weight excluding hydrogens is 457 g/mol. The van der Waals surface area contributed by atoms with E-state index in [-0.39, 0.29) is 10.9 Å². The number of aromatic nitrogens is 1. The third-order valence-electron chi connectivity index (χ3n) is 4.52. The van der Waals surface area contributed by atoms with Crippen molar-refractivity contribution < 1.29 is 9.18 Å². The lowest BCUT2D eigenvalue weighted by molar-refractivity contribution is 0.0942. The number of nitrogens with one attached hydrogen (secondary N) is 1. The Balaban J connectivity index is 2.03. The van der Waals surface area contributed by atoms with Crippen LogP contribution in [0.3, 0.4) is 0 Å². The van der Waals surface area contributed by atoms with Gasteiger partial charge in [0.2, 0.25) is 0 Å². The molecule has 3 rings (SSSR count). The summed E-state index contributed by atoms with van der Waals surface area (Å²) in [6.07, 6.45) is 1.62. The van der Waals surface area contributed by atoms with Gasteiger partial charge in [0.05, 0.1) is 28.4 Å². The highest BCUT2D eigenvalue weighted by molar-refractivity contribution is 9.10. The van der Waals surface area contributed by atoms with Crippen LogP contribution in [0.4, 0.5) is 4.39 Å². The monoisotopic (exact) mass is 471 g/mol. The molecule has 4 nitrogen and oxygen atoms in total. The summed E-state index contributed by atoms with van der Waals surface area (Å²) in [5.41, 5.74) is 3.54. The Morgan fingerprint density at radius 3 is 2.59 bits per heavy atom. The van der Waals surface area contributed by atoms with Crippen LogP contribution < -0.4 is 5.32 Å². The number of amides is 1. The molecule has 0 fully saturated rings. The van der Waals surface area contributed by atoms with E-state index in [4.69, 9.17) is 16.9 Å². The molecular formula is C22H16BrClFN3O. The zero-order valence-electron chi connectivity index (χ0n) is 15.6. The van der Waals surface area contributed by atoms with Crippen molar-refractivity contribution in [3.8, 4) is 6.07 Å². The van der Waals surface area contributed by atoms with E-state index in [0.717, 1.165) is 10.0 Å². The van der Waals surface area contributed by atoms with Gasteiger partial charge >= 0.3 is 0 Å². The number of halogens is 3. The fraction of sp³-hybridized carbons (Fsp3) is 0.136. The molecule has 7 heteroatoms. The normalized spacial score (nSPS) is 11.6. The molecule has 0 saturated heterocycles. The molecule has 1 unspecified atom stereocenters. The Kier molecular flexibility index (Phi) is 6.31. The van der Waals surface area contributed by atoms with Crippen molar-refractivity contribution in [3.05, 3.63) is 97.5 Å². The number of aryl methyl sites for hydroxylation is 2. The first kappa shape index (κ1) is 21.0. The minimum absolute atomic E-state index is 0.00188. The van der Waals surface area contributed by atoms with Crippen LogP contribution in [-0.4, -0.2) is 10.9 Å². The van der Waals surface area contributed by atoms with Gasteiger partial charge in [0.1, 0.15) is 5.82 Å². The average molecular weight is 473 g/mol. The Bertz CT molecular complexity index is 1140. The van der Waals surface area contributed by atoms with Crippen LogP contribution in [0.5, 0.6) is 0 Å². The number of hydrogen-bond acceptors (Lipinski definition) is 3. The molecule has 0 aliphatic rings. The molecule has 3 aromatic rings. The Labute approximate surface area is 181 Å². The first-order valence-electron chi connectivity index (χ1n) is 8.68. The van der Waals surface area contributed by atoms with Gasteiger partial charge in [-0.1, -0.05) is 17.7 Å². The van der Waals surface area contributed by atoms with Crippen molar-refractivity contribution in [1.82, 2.24) is 10.3 Å². The lowest BCUT2D eigenvalue weighted by atomic mass is 9.98. The van der Waals surface area contributed by atoms with Crippen molar-refractivity contribution in [2.45, 2.75) is 19.9 Å². The first-order chi connectivity index (χ1) is 13.8. The summed E-state index contributed by atoms with van der Waals surface area (Å²) >= 11 is 9.20. The fourth-order valence-corrected chi connectivity index (χ4v) is 3.56. The molecule has 2 aromatic carbocycles. The molecule has 0 saturated carbocycles. The number of hydrogen-bond donors (Lipinski definition) is 1. The lowest BCUT2D eigenvalue weighted by Gasteiger charge is -2.21. The second-order valence-corrected chi connectivity index (χ2v) is 7.90. The largest absolute Gasteiger partial charge is 0.340 e. The topological polar surface area (TPSA) is 65.8 Å². The highest BCUT2D eigenvalue weighted by Crippen LogP contribution is 2.28. The fourth-order valence-electron chi connectivity index (χ4n) is 3.00. The molecule has 146 valence electrons. The van der Waals surface area contributed by atoms with Crippen molar-refractivity contribution in [2.75, 3.05) is 0 Å². The quantitative estimate of drug-likeness (QED) is 0.534. The third kappa shape index (κ3) is 4.64. The Morgan fingerprint density at radius 2 is 1.97 bits per heavy atom. The standard InChI is InChI=1S/C22H16BrClFN3O/c1-12-7-15(3-4-16(12)10-26)22(29)28-21(14-5-6-18(24)19(25)9-14)20-13(2)8-17(23)11-27-20/h3-9,11,21H,1-2H3,(H,28,29). The molecule has 0 aliphatic heterocycles. The molecule has 1 amide bonds. The third-order valence-corrected chi connectivity index (χ3v) is 5.26. The lowest BCUT2D eigenvalue weighted by Crippen LogP contribution is -2.30. The number of rotatable bonds is 4. The number of benzene rings is 2. The average Bonchev–Trinajstić information content (AvgIpc) is 2.68. The van der Waals surface area contributed by atoms with Gasteiger partial charge in [-0.25, -0.2) is 4.39 Å². The SMILES string of the molecule is Cc1cc(C(=O)NC(c2ccc(Cl)c(F)c2)c2ncc(Br)cc2C)ccc1C#N. The smallest absolute Gasteiger partial charge is 0.252 e. The van der Waals surface area contributed by atoms with Gasteiger partial charge in [0.25, 0.3) is 5.91 Å². The molecule has 29 heavy (non-hydrogen) atoms. The molecule has 0 aliphatic carbocycles. The second kappa shape index (κ2) is 8.73. The predicted octanol–water partition coefficient (Wildman–Crippen LogP) is 5.64. The van der Waals surface area contributed by atoms with Crippen LogP contribution in [0, 0.1) is 31.0 Å². The summed E-state index contributed by atoms with van der Waals surface area (Å²) in [5, 5.41) is 12.0. The van der Waals surface area contributed by atoms with Gasteiger partial charge < -0.3 is 5.32 Å². The van der Waals surface area contributed by atoms with E-state index in [0.29, 0.717) is 27.9 Å². The maximum Gasteiger partial charge on any atom is 0.252 e. The second-order valence-electron chi connectivity index (χ2n) is 6.58. The van der Waals surface area contributed by atoms with E-state index < -0.39 is 11.9 Å². The maximum absolute atomic E-state index is 14.1. The van der Waals surface area contributed by atoms with Gasteiger partial charge in [0, 0.05) is 16.2 Å². The van der Waals surface area contributed by atoms with E-state index in [1.807, 2.05) is 13.0 Å². The van der Waals surface area contributed by atoms with Crippen molar-refractivity contribution in [2.24, 2.45) is 0 Å². The summed E-state index contributed by atoms with van der Waals surface area (Å²) < 4.78 is 14.9. The molecule has 0 bridgehead atoms. The van der Waals surface area contributed by atoms with Crippen LogP contribution >= 0.6 is 27.5 Å². The predicted molar refractivity (Wildman–Crippen MR) is 113 cm³/mol. The van der Waals surface area contributed by atoms with Crippen molar-refractivity contribution in [1.29, 1.82) is 5.26 Å². The summed E-state index contributed by atoms with van der Waals surface area (Å²) in [5.74, 6) is -0.936. The number of nitriles is 1. The van der Waals surface area contributed by atoms with Crippen LogP contribution in [0.15, 0.2) is 53.1 Å². The number of nitrogens with zero attached hydrogens (tertiary/aromatic N) is 2. The molecule has 1 N–H and O–H groups in total. The number of carbonyl (C=O) groups is 1. The summed E-state index contributed by atoms with van der Waals surface area (Å²) in [6, 6.07) is 12.5. The minimum Gasteiger partial charge on any atom is -0.340 e. The van der Waals surface area contributed by atoms with Crippen LogP contribution in [0.1, 0.15) is 44.3 Å². The van der Waals surface area contributed by atoms with E-state index in [1.165, 1.54) is 12.1 Å². The minimum atomic E-state index is -0.682. The van der Waals surface area contributed by atoms with Gasteiger partial charge in [-0.2, -0.15) is 5.26 Å². The van der Waals surface area contributed by atoms with E-state index in [2.05, 4.69) is 32.3 Å². The van der Waals surface area contributed by atoms with E-state index in [1.54, 1.807) is 37.4 Å².